The second kappa shape index (κ2) is 14.0. The Hall–Kier alpha value is -3.27. The van der Waals surface area contributed by atoms with E-state index >= 15 is 0 Å². The van der Waals surface area contributed by atoms with Crippen LogP contribution in [0, 0.1) is 5.92 Å². The van der Waals surface area contributed by atoms with E-state index in [1.807, 2.05) is 6.08 Å². The van der Waals surface area contributed by atoms with Gasteiger partial charge in [-0.05, 0) is 82.1 Å². The summed E-state index contributed by atoms with van der Waals surface area (Å²) in [6.07, 6.45) is 23.1. The van der Waals surface area contributed by atoms with Crippen molar-refractivity contribution in [1.82, 2.24) is 20.6 Å². The number of fused-ring (bicyclic) bond motifs is 1. The Labute approximate surface area is 255 Å². The van der Waals surface area contributed by atoms with Gasteiger partial charge in [-0.2, -0.15) is 0 Å². The first kappa shape index (κ1) is 29.8. The number of hydrogen-bond acceptors (Lipinski definition) is 9. The van der Waals surface area contributed by atoms with E-state index in [2.05, 4.69) is 63.1 Å². The van der Waals surface area contributed by atoms with Crippen molar-refractivity contribution < 1.29 is 14.3 Å². The average molecular weight is 587 g/mol. The molecule has 0 saturated carbocycles. The lowest BCUT2D eigenvalue weighted by molar-refractivity contribution is -0.113. The van der Waals surface area contributed by atoms with Crippen LogP contribution in [0.2, 0.25) is 0 Å². The van der Waals surface area contributed by atoms with E-state index in [1.165, 1.54) is 29.7 Å². The number of nitrogens with zero attached hydrogens (tertiary/aromatic N) is 3. The van der Waals surface area contributed by atoms with Crippen LogP contribution in [0.3, 0.4) is 0 Å². The topological polar surface area (TPSA) is 104 Å². The highest BCUT2D eigenvalue weighted by atomic mass is 16.8. The van der Waals surface area contributed by atoms with Crippen LogP contribution in [0.4, 0.5) is 11.6 Å². The number of allylic oxidation sites excluding steroid dienone is 5. The Morgan fingerprint density at radius 3 is 2.91 bits per heavy atom. The Balaban J connectivity index is 1.02. The summed E-state index contributed by atoms with van der Waals surface area (Å²) in [5.74, 6) is 2.39. The Kier molecular flexibility index (Phi) is 9.71. The third-order valence-corrected chi connectivity index (χ3v) is 9.18. The fraction of sp³-hybridized carbons (Fsp3) is 0.559. The second-order valence-corrected chi connectivity index (χ2v) is 12.1. The van der Waals surface area contributed by atoms with Gasteiger partial charge in [0.2, 0.25) is 0 Å². The SMILES string of the molecule is CCc1c(NC/C(=C\CC2OC2OCC2=CCCC=C2)C(C)=O)ncnc1N1CCC(C2=CC=C3CCCNC3N2)CC1. The predicted octanol–water partition coefficient (Wildman–Crippen LogP) is 4.71. The summed E-state index contributed by atoms with van der Waals surface area (Å²) < 4.78 is 11.6. The second-order valence-electron chi connectivity index (χ2n) is 12.1. The number of carbonyl (C=O) groups excluding carboxylic acids is 1. The first-order valence-corrected chi connectivity index (χ1v) is 16.1. The van der Waals surface area contributed by atoms with Gasteiger partial charge in [0.05, 0.1) is 12.8 Å². The summed E-state index contributed by atoms with van der Waals surface area (Å²) in [5, 5.41) is 10.8. The summed E-state index contributed by atoms with van der Waals surface area (Å²) in [7, 11) is 0. The van der Waals surface area contributed by atoms with Crippen molar-refractivity contribution in [2.75, 3.05) is 43.0 Å². The average Bonchev–Trinajstić information content (AvgIpc) is 3.82. The Morgan fingerprint density at radius 1 is 1.23 bits per heavy atom. The van der Waals surface area contributed by atoms with Crippen molar-refractivity contribution in [3.05, 3.63) is 70.8 Å². The van der Waals surface area contributed by atoms with Crippen LogP contribution in [0.5, 0.6) is 0 Å². The first-order valence-electron chi connectivity index (χ1n) is 16.1. The summed E-state index contributed by atoms with van der Waals surface area (Å²) in [4.78, 5) is 24.2. The molecule has 0 radical (unpaired) electrons. The molecule has 3 atom stereocenters. The van der Waals surface area contributed by atoms with Crippen LogP contribution in [-0.2, 0) is 20.7 Å². The van der Waals surface area contributed by atoms with Crippen molar-refractivity contribution in [1.29, 1.82) is 0 Å². The molecule has 1 aliphatic carbocycles. The molecular weight excluding hydrogens is 540 g/mol. The molecular formula is C34H46N6O3. The maximum Gasteiger partial charge on any atom is 0.185 e. The number of nitrogens with one attached hydrogen (secondary N) is 3. The molecule has 6 rings (SSSR count). The fourth-order valence-electron chi connectivity index (χ4n) is 6.53. The van der Waals surface area contributed by atoms with E-state index in [4.69, 9.17) is 14.5 Å². The van der Waals surface area contributed by atoms with E-state index in [1.54, 1.807) is 13.3 Å². The van der Waals surface area contributed by atoms with Crippen LogP contribution in [-0.4, -0.2) is 67.1 Å². The minimum absolute atomic E-state index is 0.00104. The zero-order valence-electron chi connectivity index (χ0n) is 25.6. The van der Waals surface area contributed by atoms with Crippen LogP contribution in [0.25, 0.3) is 0 Å². The summed E-state index contributed by atoms with van der Waals surface area (Å²) in [6.45, 7) is 7.74. The number of ketones is 1. The number of Topliss-reactive ketones (excluding diaryl/α,β-unsaturated/α-hetero) is 1. The van der Waals surface area contributed by atoms with Gasteiger partial charge in [-0.3, -0.25) is 10.1 Å². The molecule has 9 nitrogen and oxygen atoms in total. The number of hydrogen-bond donors (Lipinski definition) is 3. The normalized spacial score (nSPS) is 25.7. The van der Waals surface area contributed by atoms with Gasteiger partial charge in [0, 0.05) is 42.4 Å². The highest BCUT2D eigenvalue weighted by Crippen LogP contribution is 2.33. The zero-order chi connectivity index (χ0) is 29.6. The molecule has 1 aromatic heterocycles. The van der Waals surface area contributed by atoms with Crippen LogP contribution in [0.1, 0.15) is 64.4 Å². The summed E-state index contributed by atoms with van der Waals surface area (Å²) in [6, 6.07) is 0. The number of ether oxygens (including phenoxy) is 2. The predicted molar refractivity (Wildman–Crippen MR) is 170 cm³/mol. The number of anilines is 2. The molecule has 4 aliphatic heterocycles. The van der Waals surface area contributed by atoms with Gasteiger partial charge in [-0.15, -0.1) is 0 Å². The van der Waals surface area contributed by atoms with Crippen molar-refractivity contribution in [2.24, 2.45) is 5.92 Å². The van der Waals surface area contributed by atoms with E-state index in [0.717, 1.165) is 74.5 Å². The molecule has 5 heterocycles. The van der Waals surface area contributed by atoms with E-state index in [0.29, 0.717) is 31.7 Å². The lowest BCUT2D eigenvalue weighted by Crippen LogP contribution is -2.49. The van der Waals surface area contributed by atoms with Gasteiger partial charge in [-0.1, -0.05) is 37.3 Å². The first-order chi connectivity index (χ1) is 21.1. The monoisotopic (exact) mass is 586 g/mol. The van der Waals surface area contributed by atoms with Crippen LogP contribution >= 0.6 is 0 Å². The molecule has 0 amide bonds. The highest BCUT2D eigenvalue weighted by molar-refractivity contribution is 5.94. The summed E-state index contributed by atoms with van der Waals surface area (Å²) >= 11 is 0. The quantitative estimate of drug-likeness (QED) is 0.237. The smallest absolute Gasteiger partial charge is 0.185 e. The molecule has 3 unspecified atom stereocenters. The Bertz CT molecular complexity index is 1320. The number of carbonyl (C=O) groups is 1. The number of rotatable bonds is 12. The number of piperidine rings is 2. The maximum absolute atomic E-state index is 12.5. The fourth-order valence-corrected chi connectivity index (χ4v) is 6.53. The van der Waals surface area contributed by atoms with Gasteiger partial charge in [-0.25, -0.2) is 9.97 Å². The largest absolute Gasteiger partial charge is 0.369 e. The van der Waals surface area contributed by atoms with Crippen molar-refractivity contribution in [2.45, 2.75) is 83.8 Å². The van der Waals surface area contributed by atoms with Gasteiger partial charge in [0.25, 0.3) is 0 Å². The number of epoxide rings is 1. The molecule has 3 saturated heterocycles. The van der Waals surface area contributed by atoms with Gasteiger partial charge >= 0.3 is 0 Å². The molecule has 3 fully saturated rings. The Morgan fingerprint density at radius 2 is 2.12 bits per heavy atom. The van der Waals surface area contributed by atoms with Gasteiger partial charge in [0.1, 0.15) is 24.1 Å². The molecule has 5 aliphatic rings. The van der Waals surface area contributed by atoms with E-state index in [-0.39, 0.29) is 18.2 Å². The molecule has 0 bridgehead atoms. The summed E-state index contributed by atoms with van der Waals surface area (Å²) in [5.41, 5.74) is 5.87. The molecule has 43 heavy (non-hydrogen) atoms. The standard InChI is InChI=1S/C34H46N6O3/c1-3-28-32(36-20-27(23(2)41)12-14-30-34(43-30)42-21-24-8-5-4-6-9-24)37-22-38-33(28)40-18-15-25(16-19-40)29-13-11-26-10-7-17-35-31(26)39-29/h5,8-9,11-13,22,25,30-31,34-35,39H,3-4,6-7,10,14-21H2,1-2H3,(H,36,37,38)/b27-12+. The van der Waals surface area contributed by atoms with Crippen LogP contribution in [0.15, 0.2) is 65.2 Å². The lowest BCUT2D eigenvalue weighted by Gasteiger charge is -2.38. The molecule has 0 aromatic carbocycles. The molecule has 1 aromatic rings. The highest BCUT2D eigenvalue weighted by Gasteiger charge is 2.39. The molecule has 230 valence electrons. The maximum atomic E-state index is 12.5. The molecule has 3 N–H and O–H groups in total. The molecule has 0 spiro atoms. The third kappa shape index (κ3) is 7.45. The number of aromatic nitrogens is 2. The van der Waals surface area contributed by atoms with Gasteiger partial charge < -0.3 is 25.0 Å². The van der Waals surface area contributed by atoms with E-state index in [9.17, 15) is 4.79 Å². The lowest BCUT2D eigenvalue weighted by atomic mass is 9.89. The van der Waals surface area contributed by atoms with Crippen molar-refractivity contribution >= 4 is 17.4 Å². The van der Waals surface area contributed by atoms with Gasteiger partial charge in [0.15, 0.2) is 12.1 Å². The third-order valence-electron chi connectivity index (χ3n) is 9.18. The number of dihydropyridines is 1. The zero-order valence-corrected chi connectivity index (χ0v) is 25.6. The van der Waals surface area contributed by atoms with Crippen LogP contribution < -0.4 is 20.9 Å². The van der Waals surface area contributed by atoms with Crippen molar-refractivity contribution in [3.8, 4) is 0 Å². The minimum Gasteiger partial charge on any atom is -0.369 e. The minimum atomic E-state index is -0.197. The van der Waals surface area contributed by atoms with Crippen molar-refractivity contribution in [3.63, 3.8) is 0 Å². The van der Waals surface area contributed by atoms with E-state index < -0.39 is 0 Å². The molecule has 9 heteroatoms.